The molecular formula is C21H24ClNO5. The van der Waals surface area contributed by atoms with Gasteiger partial charge in [0.2, 0.25) is 0 Å². The summed E-state index contributed by atoms with van der Waals surface area (Å²) in [7, 11) is 1.45. The van der Waals surface area contributed by atoms with E-state index in [2.05, 4.69) is 5.32 Å². The van der Waals surface area contributed by atoms with Crippen LogP contribution in [0.5, 0.6) is 11.5 Å². The van der Waals surface area contributed by atoms with E-state index >= 15 is 0 Å². The highest BCUT2D eigenvalue weighted by atomic mass is 35.5. The molecule has 0 aliphatic carbocycles. The molecule has 0 bridgehead atoms. The van der Waals surface area contributed by atoms with Gasteiger partial charge in [-0.25, -0.2) is 4.79 Å². The molecule has 28 heavy (non-hydrogen) atoms. The van der Waals surface area contributed by atoms with Crippen molar-refractivity contribution in [2.75, 3.05) is 19.0 Å². The van der Waals surface area contributed by atoms with E-state index in [1.165, 1.54) is 19.2 Å². The van der Waals surface area contributed by atoms with Gasteiger partial charge in [-0.2, -0.15) is 0 Å². The standard InChI is InChI=1S/C21H24ClNO5/c1-12(2)28-20-17(22)9-15(10-18(20)26-5)21(25)27-11-19(24)23-16-7-6-13(3)14(4)8-16/h6-10,12H,11H2,1-5H3,(H,23,24). The molecule has 2 aromatic rings. The summed E-state index contributed by atoms with van der Waals surface area (Å²) in [5, 5.41) is 2.92. The Balaban J connectivity index is 2.03. The summed E-state index contributed by atoms with van der Waals surface area (Å²) in [5.41, 5.74) is 2.99. The van der Waals surface area contributed by atoms with E-state index in [1.807, 2.05) is 39.8 Å². The van der Waals surface area contributed by atoms with Crippen LogP contribution in [0.2, 0.25) is 5.02 Å². The number of benzene rings is 2. The maximum absolute atomic E-state index is 12.3. The molecule has 2 aromatic carbocycles. The Morgan fingerprint density at radius 1 is 1.11 bits per heavy atom. The van der Waals surface area contributed by atoms with Crippen LogP contribution in [0.3, 0.4) is 0 Å². The van der Waals surface area contributed by atoms with Crippen molar-refractivity contribution in [1.82, 2.24) is 0 Å². The Labute approximate surface area is 169 Å². The SMILES string of the molecule is COc1cc(C(=O)OCC(=O)Nc2ccc(C)c(C)c2)cc(Cl)c1OC(C)C. The molecule has 0 heterocycles. The Hall–Kier alpha value is -2.73. The lowest BCUT2D eigenvalue weighted by atomic mass is 10.1. The van der Waals surface area contributed by atoms with Crippen LogP contribution in [0.1, 0.15) is 35.3 Å². The summed E-state index contributed by atoms with van der Waals surface area (Å²) in [4.78, 5) is 24.3. The number of halogens is 1. The molecule has 7 heteroatoms. The molecule has 0 unspecified atom stereocenters. The number of anilines is 1. The number of methoxy groups -OCH3 is 1. The van der Waals surface area contributed by atoms with E-state index in [-0.39, 0.29) is 16.7 Å². The smallest absolute Gasteiger partial charge is 0.338 e. The van der Waals surface area contributed by atoms with E-state index in [9.17, 15) is 9.59 Å². The zero-order valence-electron chi connectivity index (χ0n) is 16.6. The van der Waals surface area contributed by atoms with Gasteiger partial charge in [0, 0.05) is 5.69 Å². The van der Waals surface area contributed by atoms with Crippen LogP contribution >= 0.6 is 11.6 Å². The highest BCUT2D eigenvalue weighted by molar-refractivity contribution is 6.32. The lowest BCUT2D eigenvalue weighted by Gasteiger charge is -2.16. The van der Waals surface area contributed by atoms with Gasteiger partial charge in [0.1, 0.15) is 0 Å². The number of ether oxygens (including phenoxy) is 3. The number of amides is 1. The van der Waals surface area contributed by atoms with Crippen LogP contribution < -0.4 is 14.8 Å². The number of esters is 1. The van der Waals surface area contributed by atoms with Gasteiger partial charge >= 0.3 is 5.97 Å². The minimum Gasteiger partial charge on any atom is -0.493 e. The number of hydrogen-bond acceptors (Lipinski definition) is 5. The fourth-order valence-electron chi connectivity index (χ4n) is 2.42. The Morgan fingerprint density at radius 3 is 2.43 bits per heavy atom. The first-order valence-electron chi connectivity index (χ1n) is 8.79. The summed E-state index contributed by atoms with van der Waals surface area (Å²) in [6, 6.07) is 8.44. The molecule has 0 saturated heterocycles. The Kier molecular flexibility index (Phi) is 7.29. The maximum Gasteiger partial charge on any atom is 0.338 e. The highest BCUT2D eigenvalue weighted by Gasteiger charge is 2.18. The Morgan fingerprint density at radius 2 is 1.82 bits per heavy atom. The second-order valence-electron chi connectivity index (χ2n) is 6.58. The van der Waals surface area contributed by atoms with Crippen molar-refractivity contribution in [3.8, 4) is 11.5 Å². The molecule has 150 valence electrons. The third kappa shape index (κ3) is 5.63. The van der Waals surface area contributed by atoms with Crippen LogP contribution in [0.4, 0.5) is 5.69 Å². The van der Waals surface area contributed by atoms with Gasteiger partial charge < -0.3 is 19.5 Å². The van der Waals surface area contributed by atoms with Gasteiger partial charge in [0.25, 0.3) is 5.91 Å². The second kappa shape index (κ2) is 9.46. The number of carbonyl (C=O) groups is 2. The predicted molar refractivity (Wildman–Crippen MR) is 109 cm³/mol. The molecule has 0 aromatic heterocycles. The van der Waals surface area contributed by atoms with E-state index in [0.29, 0.717) is 17.2 Å². The summed E-state index contributed by atoms with van der Waals surface area (Å²) < 4.78 is 15.9. The highest BCUT2D eigenvalue weighted by Crippen LogP contribution is 2.37. The fourth-order valence-corrected chi connectivity index (χ4v) is 2.67. The van der Waals surface area contributed by atoms with Crippen molar-refractivity contribution >= 4 is 29.2 Å². The maximum atomic E-state index is 12.3. The fraction of sp³-hybridized carbons (Fsp3) is 0.333. The third-order valence-corrected chi connectivity index (χ3v) is 4.22. The van der Waals surface area contributed by atoms with Gasteiger partial charge in [-0.05, 0) is 63.1 Å². The van der Waals surface area contributed by atoms with Gasteiger partial charge in [-0.3, -0.25) is 4.79 Å². The average molecular weight is 406 g/mol. The predicted octanol–water partition coefficient (Wildman–Crippen LogP) is 4.55. The quantitative estimate of drug-likeness (QED) is 0.684. The average Bonchev–Trinajstić information content (AvgIpc) is 2.63. The molecule has 0 fully saturated rings. The van der Waals surface area contributed by atoms with E-state index in [4.69, 9.17) is 25.8 Å². The number of nitrogens with one attached hydrogen (secondary N) is 1. The molecular weight excluding hydrogens is 382 g/mol. The van der Waals surface area contributed by atoms with Crippen LogP contribution in [-0.4, -0.2) is 31.7 Å². The molecule has 2 rings (SSSR count). The monoisotopic (exact) mass is 405 g/mol. The first-order chi connectivity index (χ1) is 13.2. The number of hydrogen-bond donors (Lipinski definition) is 1. The van der Waals surface area contributed by atoms with Crippen molar-refractivity contribution in [3.05, 3.63) is 52.0 Å². The van der Waals surface area contributed by atoms with Crippen LogP contribution in [0, 0.1) is 13.8 Å². The van der Waals surface area contributed by atoms with Crippen molar-refractivity contribution in [2.24, 2.45) is 0 Å². The van der Waals surface area contributed by atoms with Crippen LogP contribution in [-0.2, 0) is 9.53 Å². The summed E-state index contributed by atoms with van der Waals surface area (Å²) in [6.45, 7) is 7.22. The summed E-state index contributed by atoms with van der Waals surface area (Å²) in [5.74, 6) is -0.461. The minimum atomic E-state index is -0.688. The first-order valence-corrected chi connectivity index (χ1v) is 9.17. The van der Waals surface area contributed by atoms with Gasteiger partial charge in [-0.1, -0.05) is 17.7 Å². The zero-order valence-corrected chi connectivity index (χ0v) is 17.3. The van der Waals surface area contributed by atoms with Crippen molar-refractivity contribution in [1.29, 1.82) is 0 Å². The van der Waals surface area contributed by atoms with E-state index < -0.39 is 18.5 Å². The third-order valence-electron chi connectivity index (χ3n) is 3.94. The zero-order chi connectivity index (χ0) is 20.8. The van der Waals surface area contributed by atoms with E-state index in [1.54, 1.807) is 6.07 Å². The minimum absolute atomic E-state index is 0.113. The van der Waals surface area contributed by atoms with Gasteiger partial charge in [-0.15, -0.1) is 0 Å². The van der Waals surface area contributed by atoms with Gasteiger partial charge in [0.15, 0.2) is 18.1 Å². The van der Waals surface area contributed by atoms with Crippen molar-refractivity contribution < 1.29 is 23.8 Å². The molecule has 0 radical (unpaired) electrons. The molecule has 0 aliphatic rings. The molecule has 0 atom stereocenters. The molecule has 1 amide bonds. The molecule has 0 aliphatic heterocycles. The second-order valence-corrected chi connectivity index (χ2v) is 6.99. The number of carbonyl (C=O) groups excluding carboxylic acids is 2. The lowest BCUT2D eigenvalue weighted by molar-refractivity contribution is -0.119. The molecule has 1 N–H and O–H groups in total. The molecule has 0 saturated carbocycles. The summed E-state index contributed by atoms with van der Waals surface area (Å²) >= 11 is 6.21. The van der Waals surface area contributed by atoms with Crippen LogP contribution in [0.15, 0.2) is 30.3 Å². The number of aryl methyl sites for hydroxylation is 2. The van der Waals surface area contributed by atoms with Gasteiger partial charge in [0.05, 0.1) is 23.8 Å². The summed E-state index contributed by atoms with van der Waals surface area (Å²) in [6.07, 6.45) is -0.113. The van der Waals surface area contributed by atoms with Crippen molar-refractivity contribution in [2.45, 2.75) is 33.8 Å². The topological polar surface area (TPSA) is 73.9 Å². The normalized spacial score (nSPS) is 10.5. The van der Waals surface area contributed by atoms with Crippen LogP contribution in [0.25, 0.3) is 0 Å². The largest absolute Gasteiger partial charge is 0.493 e. The Bertz CT molecular complexity index is 879. The van der Waals surface area contributed by atoms with Crippen molar-refractivity contribution in [3.63, 3.8) is 0 Å². The molecule has 6 nitrogen and oxygen atoms in total. The molecule has 0 spiro atoms. The number of rotatable bonds is 7. The van der Waals surface area contributed by atoms with E-state index in [0.717, 1.165) is 11.1 Å². The lowest BCUT2D eigenvalue weighted by Crippen LogP contribution is -2.21. The first kappa shape index (κ1) is 21.6.